The molecule has 50 heavy (non-hydrogen) atoms. The zero-order chi connectivity index (χ0) is 37.3. The van der Waals surface area contributed by atoms with Gasteiger partial charge < -0.3 is 44.4 Å². The minimum absolute atomic E-state index is 0.0353. The van der Waals surface area contributed by atoms with Crippen LogP contribution in [0.1, 0.15) is 66.9 Å². The maximum Gasteiger partial charge on any atom is 0.410 e. The van der Waals surface area contributed by atoms with Crippen LogP contribution >= 0.6 is 0 Å². The van der Waals surface area contributed by atoms with Crippen molar-refractivity contribution in [3.63, 3.8) is 0 Å². The van der Waals surface area contributed by atoms with Crippen LogP contribution in [0.2, 0.25) is 0 Å². The molecule has 0 aromatic heterocycles. The molecule has 1 heterocycles. The van der Waals surface area contributed by atoms with Crippen molar-refractivity contribution < 1.29 is 47.6 Å². The lowest BCUT2D eigenvalue weighted by atomic mass is 9.85. The second kappa shape index (κ2) is 21.2. The fourth-order valence-electron chi connectivity index (χ4n) is 5.13. The molecule has 1 saturated heterocycles. The Morgan fingerprint density at radius 3 is 1.94 bits per heavy atom. The summed E-state index contributed by atoms with van der Waals surface area (Å²) in [6, 6.07) is 7.63. The van der Waals surface area contributed by atoms with Crippen molar-refractivity contribution in [2.45, 2.75) is 97.7 Å². The minimum atomic E-state index is -0.944. The van der Waals surface area contributed by atoms with E-state index in [9.17, 15) is 19.2 Å². The molecule has 4 amide bonds. The van der Waals surface area contributed by atoms with E-state index in [2.05, 4.69) is 5.32 Å². The number of hydrogen-bond acceptors (Lipinski definition) is 10. The first kappa shape index (κ1) is 42.9. The third-order valence-electron chi connectivity index (χ3n) is 7.95. The van der Waals surface area contributed by atoms with Crippen LogP contribution in [0.25, 0.3) is 0 Å². The molecule has 14 nitrogen and oxygen atoms in total. The number of ether oxygens (including phenoxy) is 6. The number of rotatable bonds is 21. The van der Waals surface area contributed by atoms with Crippen molar-refractivity contribution in [3.05, 3.63) is 35.9 Å². The number of likely N-dealkylation sites (N-methyl/N-ethyl adjacent to an activating group) is 1. The Morgan fingerprint density at radius 2 is 1.42 bits per heavy atom. The Labute approximate surface area is 297 Å². The SMILES string of the molecule is C[C@@H](C(=O)NC(C(=O)N1C[C@@H](OCCOCCOCCOCCOCc2ccccc2)C[C@H]1CC(N)=O)C(C)(C)C)N(C)C(=O)OC(C)(C)C. The molecule has 3 N–H and O–H groups in total. The number of carbonyl (C=O) groups is 4. The molecule has 1 aliphatic heterocycles. The van der Waals surface area contributed by atoms with E-state index < -0.39 is 47.0 Å². The zero-order valence-corrected chi connectivity index (χ0v) is 31.2. The van der Waals surface area contributed by atoms with Gasteiger partial charge in [0.15, 0.2) is 0 Å². The lowest BCUT2D eigenvalue weighted by Gasteiger charge is -2.37. The van der Waals surface area contributed by atoms with Crippen molar-refractivity contribution in [2.24, 2.45) is 11.1 Å². The third-order valence-corrected chi connectivity index (χ3v) is 7.95. The van der Waals surface area contributed by atoms with E-state index in [4.69, 9.17) is 34.2 Å². The minimum Gasteiger partial charge on any atom is -0.444 e. The Kier molecular flexibility index (Phi) is 18.1. The molecule has 1 aromatic carbocycles. The van der Waals surface area contributed by atoms with E-state index >= 15 is 0 Å². The fourth-order valence-corrected chi connectivity index (χ4v) is 5.13. The van der Waals surface area contributed by atoms with Crippen LogP contribution in [-0.2, 0) is 49.4 Å². The van der Waals surface area contributed by atoms with Gasteiger partial charge in [-0.2, -0.15) is 0 Å². The topological polar surface area (TPSA) is 168 Å². The second-order valence-electron chi connectivity index (χ2n) is 14.5. The predicted molar refractivity (Wildman–Crippen MR) is 187 cm³/mol. The summed E-state index contributed by atoms with van der Waals surface area (Å²) in [5.41, 5.74) is 5.24. The lowest BCUT2D eigenvalue weighted by molar-refractivity contribution is -0.142. The molecule has 1 fully saturated rings. The van der Waals surface area contributed by atoms with Gasteiger partial charge in [0, 0.05) is 26.1 Å². The average molecular weight is 709 g/mol. The monoisotopic (exact) mass is 708 g/mol. The number of likely N-dealkylation sites (tertiary alicyclic amines) is 1. The molecule has 0 bridgehead atoms. The maximum atomic E-state index is 14.0. The van der Waals surface area contributed by atoms with Crippen molar-refractivity contribution in [1.82, 2.24) is 15.1 Å². The van der Waals surface area contributed by atoms with Gasteiger partial charge in [0.25, 0.3) is 0 Å². The predicted octanol–water partition coefficient (Wildman–Crippen LogP) is 2.90. The molecular formula is C36H60N4O10. The summed E-state index contributed by atoms with van der Waals surface area (Å²) >= 11 is 0. The Hall–Kier alpha value is -3.30. The lowest BCUT2D eigenvalue weighted by Crippen LogP contribution is -2.59. The second-order valence-corrected chi connectivity index (χ2v) is 14.5. The fraction of sp³-hybridized carbons (Fsp3) is 0.722. The van der Waals surface area contributed by atoms with Crippen LogP contribution in [0.3, 0.4) is 0 Å². The van der Waals surface area contributed by atoms with Gasteiger partial charge in [-0.1, -0.05) is 51.1 Å². The van der Waals surface area contributed by atoms with Crippen molar-refractivity contribution in [3.8, 4) is 0 Å². The summed E-state index contributed by atoms with van der Waals surface area (Å²) in [7, 11) is 1.47. The van der Waals surface area contributed by atoms with Crippen molar-refractivity contribution in [1.29, 1.82) is 0 Å². The van der Waals surface area contributed by atoms with Crippen LogP contribution in [0.15, 0.2) is 30.3 Å². The van der Waals surface area contributed by atoms with E-state index in [1.165, 1.54) is 11.9 Å². The summed E-state index contributed by atoms with van der Waals surface area (Å²) < 4.78 is 33.7. The Bertz CT molecular complexity index is 1190. The number of nitrogens with one attached hydrogen (secondary N) is 1. The molecular weight excluding hydrogens is 648 g/mol. The third kappa shape index (κ3) is 16.2. The van der Waals surface area contributed by atoms with E-state index in [1.54, 1.807) is 32.6 Å². The summed E-state index contributed by atoms with van der Waals surface area (Å²) in [6.45, 7) is 16.4. The van der Waals surface area contributed by atoms with Crippen molar-refractivity contribution in [2.75, 3.05) is 66.4 Å². The maximum absolute atomic E-state index is 14.0. The van der Waals surface area contributed by atoms with Gasteiger partial charge in [-0.3, -0.25) is 19.3 Å². The standard InChI is InChI=1S/C36H60N4O10/c1-26(39(8)34(44)50-36(5,6)7)32(42)38-31(35(2,3)4)33(43)40-24-29(22-28(40)23-30(37)41)49-21-20-47-17-16-45-14-15-46-18-19-48-25-27-12-10-9-11-13-27/h9-13,26,28-29,31H,14-25H2,1-8H3,(H2,37,41)(H,38,42)/t26-,28-,29-,31?/m0/s1. The van der Waals surface area contributed by atoms with E-state index in [-0.39, 0.29) is 31.6 Å². The highest BCUT2D eigenvalue weighted by atomic mass is 16.6. The smallest absolute Gasteiger partial charge is 0.410 e. The van der Waals surface area contributed by atoms with Crippen LogP contribution in [0.5, 0.6) is 0 Å². The van der Waals surface area contributed by atoms with Crippen LogP contribution in [-0.4, -0.2) is 130 Å². The number of amides is 4. The molecule has 0 aliphatic carbocycles. The quantitative estimate of drug-likeness (QED) is 0.181. The molecule has 1 aliphatic rings. The molecule has 0 radical (unpaired) electrons. The average Bonchev–Trinajstić information content (AvgIpc) is 3.43. The molecule has 1 aromatic rings. The van der Waals surface area contributed by atoms with E-state index in [1.807, 2.05) is 51.1 Å². The first-order chi connectivity index (χ1) is 23.5. The number of nitrogens with two attached hydrogens (primary N) is 1. The summed E-state index contributed by atoms with van der Waals surface area (Å²) in [5.74, 6) is -1.40. The zero-order valence-electron chi connectivity index (χ0n) is 31.2. The van der Waals surface area contributed by atoms with Crippen LogP contribution < -0.4 is 11.1 Å². The number of hydrogen-bond donors (Lipinski definition) is 2. The summed E-state index contributed by atoms with van der Waals surface area (Å²) in [5, 5.41) is 2.84. The molecule has 1 unspecified atom stereocenters. The number of primary amides is 1. The molecule has 4 atom stereocenters. The number of carbonyl (C=O) groups excluding carboxylic acids is 4. The Morgan fingerprint density at radius 1 is 0.880 bits per heavy atom. The normalized spacial score (nSPS) is 17.6. The molecule has 284 valence electrons. The van der Waals surface area contributed by atoms with E-state index in [0.717, 1.165) is 5.56 Å². The molecule has 0 spiro atoms. The highest BCUT2D eigenvalue weighted by Crippen LogP contribution is 2.28. The van der Waals surface area contributed by atoms with Crippen LogP contribution in [0, 0.1) is 5.41 Å². The highest BCUT2D eigenvalue weighted by molar-refractivity contribution is 5.92. The first-order valence-corrected chi connectivity index (χ1v) is 17.3. The van der Waals surface area contributed by atoms with Gasteiger partial charge in [-0.25, -0.2) is 4.79 Å². The molecule has 0 saturated carbocycles. The largest absolute Gasteiger partial charge is 0.444 e. The van der Waals surface area contributed by atoms with Gasteiger partial charge in [-0.15, -0.1) is 0 Å². The van der Waals surface area contributed by atoms with E-state index in [0.29, 0.717) is 59.3 Å². The Balaban J connectivity index is 1.74. The molecule has 14 heteroatoms. The number of nitrogens with zero attached hydrogens (tertiary/aromatic N) is 2. The summed E-state index contributed by atoms with van der Waals surface area (Å²) in [6.07, 6.45) is -0.618. The van der Waals surface area contributed by atoms with Crippen LogP contribution in [0.4, 0.5) is 4.79 Å². The van der Waals surface area contributed by atoms with Gasteiger partial charge in [0.1, 0.15) is 17.7 Å². The van der Waals surface area contributed by atoms with Gasteiger partial charge in [-0.05, 0) is 45.1 Å². The van der Waals surface area contributed by atoms with Gasteiger partial charge >= 0.3 is 6.09 Å². The molecule has 2 rings (SSSR count). The van der Waals surface area contributed by atoms with Crippen molar-refractivity contribution >= 4 is 23.8 Å². The number of benzene rings is 1. The van der Waals surface area contributed by atoms with Gasteiger partial charge in [0.2, 0.25) is 17.7 Å². The highest BCUT2D eigenvalue weighted by Gasteiger charge is 2.43. The summed E-state index contributed by atoms with van der Waals surface area (Å²) in [4.78, 5) is 54.5. The first-order valence-electron chi connectivity index (χ1n) is 17.3. The van der Waals surface area contributed by atoms with Gasteiger partial charge in [0.05, 0.1) is 65.6 Å².